The van der Waals surface area contributed by atoms with Gasteiger partial charge in [0.15, 0.2) is 0 Å². The lowest BCUT2D eigenvalue weighted by molar-refractivity contribution is 0.214. The number of oxime groups is 1. The van der Waals surface area contributed by atoms with E-state index in [4.69, 9.17) is 4.74 Å². The van der Waals surface area contributed by atoms with Gasteiger partial charge in [0.2, 0.25) is 0 Å². The van der Waals surface area contributed by atoms with Crippen LogP contribution in [-0.4, -0.2) is 25.7 Å². The number of hydrogen-bond acceptors (Lipinski definition) is 4. The molecule has 0 aliphatic carbocycles. The molecule has 1 aromatic carbocycles. The van der Waals surface area contributed by atoms with E-state index in [9.17, 15) is 0 Å². The predicted octanol–water partition coefficient (Wildman–Crippen LogP) is 4.76. The van der Waals surface area contributed by atoms with E-state index in [1.807, 2.05) is 18.7 Å². The average molecular weight is 307 g/mol. The summed E-state index contributed by atoms with van der Waals surface area (Å²) in [5.74, 6) is 2.02. The van der Waals surface area contributed by atoms with Crippen LogP contribution in [0.4, 0.5) is 0 Å². The Labute approximate surface area is 132 Å². The van der Waals surface area contributed by atoms with Gasteiger partial charge in [-0.05, 0) is 56.9 Å². The van der Waals surface area contributed by atoms with Crippen LogP contribution < -0.4 is 4.74 Å². The van der Waals surface area contributed by atoms with Crippen LogP contribution >= 0.6 is 11.8 Å². The number of allylic oxidation sites excluding steroid dienone is 1. The summed E-state index contributed by atoms with van der Waals surface area (Å²) in [6, 6.07) is 4.39. The van der Waals surface area contributed by atoms with Gasteiger partial charge in [-0.15, -0.1) is 11.8 Å². The molecule has 0 saturated carbocycles. The molecule has 0 aromatic heterocycles. The zero-order valence-corrected chi connectivity index (χ0v) is 14.2. The summed E-state index contributed by atoms with van der Waals surface area (Å²) in [6.45, 7) is 6.96. The number of hydrogen-bond donors (Lipinski definition) is 0. The van der Waals surface area contributed by atoms with Crippen molar-refractivity contribution < 1.29 is 9.57 Å². The summed E-state index contributed by atoms with van der Waals surface area (Å²) < 4.78 is 5.90. The van der Waals surface area contributed by atoms with Crippen LogP contribution in [0.5, 0.6) is 5.75 Å². The highest BCUT2D eigenvalue weighted by atomic mass is 32.2. The van der Waals surface area contributed by atoms with Crippen molar-refractivity contribution in [1.82, 2.24) is 0 Å². The lowest BCUT2D eigenvalue weighted by atomic mass is 10.1. The second kappa shape index (κ2) is 10.3. The minimum atomic E-state index is 0.697. The number of ether oxygens (including phenoxy) is 1. The van der Waals surface area contributed by atoms with Crippen molar-refractivity contribution in [3.63, 3.8) is 0 Å². The van der Waals surface area contributed by atoms with Gasteiger partial charge in [-0.25, -0.2) is 0 Å². The molecule has 116 valence electrons. The summed E-state index contributed by atoms with van der Waals surface area (Å²) in [4.78, 5) is 5.91. The Bertz CT molecular complexity index is 461. The molecule has 0 aliphatic heterocycles. The van der Waals surface area contributed by atoms with E-state index in [0.29, 0.717) is 6.61 Å². The molecule has 0 fully saturated rings. The van der Waals surface area contributed by atoms with Crippen molar-refractivity contribution in [2.24, 2.45) is 5.16 Å². The third-order valence-electron chi connectivity index (χ3n) is 2.92. The molecular weight excluding hydrogens is 282 g/mol. The van der Waals surface area contributed by atoms with E-state index in [0.717, 1.165) is 24.3 Å². The van der Waals surface area contributed by atoms with Crippen LogP contribution in [0.2, 0.25) is 0 Å². The zero-order valence-electron chi connectivity index (χ0n) is 13.4. The van der Waals surface area contributed by atoms with E-state index in [2.05, 4.69) is 48.1 Å². The first-order valence-electron chi connectivity index (χ1n) is 7.22. The van der Waals surface area contributed by atoms with E-state index in [-0.39, 0.29) is 0 Å². The topological polar surface area (TPSA) is 30.8 Å². The molecule has 0 spiro atoms. The molecule has 0 bridgehead atoms. The van der Waals surface area contributed by atoms with Gasteiger partial charge in [0.05, 0.1) is 6.61 Å². The highest BCUT2D eigenvalue weighted by Crippen LogP contribution is 2.29. The molecule has 0 radical (unpaired) electrons. The molecule has 4 heteroatoms. The molecule has 0 unspecified atom stereocenters. The maximum atomic E-state index is 5.90. The molecule has 0 N–H and O–H groups in total. The van der Waals surface area contributed by atoms with Crippen molar-refractivity contribution in [2.45, 2.75) is 38.5 Å². The number of aryl methyl sites for hydroxylation is 2. The van der Waals surface area contributed by atoms with E-state index in [1.54, 1.807) is 13.3 Å². The zero-order chi connectivity index (χ0) is 15.5. The minimum Gasteiger partial charge on any atom is -0.493 e. The normalized spacial score (nSPS) is 11.4. The summed E-state index contributed by atoms with van der Waals surface area (Å²) >= 11 is 1.85. The second-order valence-corrected chi connectivity index (χ2v) is 5.82. The lowest BCUT2D eigenvalue weighted by Crippen LogP contribution is -2.01. The minimum absolute atomic E-state index is 0.697. The molecule has 0 heterocycles. The first-order valence-corrected chi connectivity index (χ1v) is 8.20. The maximum absolute atomic E-state index is 5.90. The summed E-state index contributed by atoms with van der Waals surface area (Å²) in [7, 11) is 1.55. The van der Waals surface area contributed by atoms with Crippen LogP contribution in [0.3, 0.4) is 0 Å². The van der Waals surface area contributed by atoms with Crippen LogP contribution in [0.25, 0.3) is 0 Å². The summed E-state index contributed by atoms with van der Waals surface area (Å²) in [6.07, 6.45) is 7.81. The van der Waals surface area contributed by atoms with Crippen molar-refractivity contribution in [2.75, 3.05) is 19.5 Å². The van der Waals surface area contributed by atoms with Crippen molar-refractivity contribution >= 4 is 18.0 Å². The first-order chi connectivity index (χ1) is 10.2. The van der Waals surface area contributed by atoms with Crippen LogP contribution in [0.15, 0.2) is 34.3 Å². The maximum Gasteiger partial charge on any atom is 0.125 e. The molecular formula is C17H25NO2S. The standard InChI is InChI=1S/C17H25NO2S/c1-5-6-11-21-16-12-14(2)17(15(3)13-16)20-10-8-7-9-18-19-4/h5-6,9,12-13H,7-8,10-11H2,1-4H3/b6-5+,18-9+. The Kier molecular flexibility index (Phi) is 8.67. The summed E-state index contributed by atoms with van der Waals surface area (Å²) in [5.41, 5.74) is 2.40. The van der Waals surface area contributed by atoms with E-state index in [1.165, 1.54) is 16.0 Å². The van der Waals surface area contributed by atoms with Gasteiger partial charge in [0, 0.05) is 16.9 Å². The highest BCUT2D eigenvalue weighted by Gasteiger charge is 2.06. The van der Waals surface area contributed by atoms with Gasteiger partial charge >= 0.3 is 0 Å². The Balaban J connectivity index is 2.53. The van der Waals surface area contributed by atoms with Gasteiger partial charge < -0.3 is 9.57 Å². The first kappa shape index (κ1) is 17.6. The smallest absolute Gasteiger partial charge is 0.125 e. The molecule has 0 atom stereocenters. The van der Waals surface area contributed by atoms with Gasteiger partial charge in [0.25, 0.3) is 0 Å². The Morgan fingerprint density at radius 1 is 1.24 bits per heavy atom. The Hall–Kier alpha value is -1.42. The van der Waals surface area contributed by atoms with Crippen molar-refractivity contribution in [1.29, 1.82) is 0 Å². The Morgan fingerprint density at radius 3 is 2.57 bits per heavy atom. The van der Waals surface area contributed by atoms with E-state index >= 15 is 0 Å². The molecule has 1 aromatic rings. The number of rotatable bonds is 9. The fraction of sp³-hybridized carbons (Fsp3) is 0.471. The number of nitrogens with zero attached hydrogens (tertiary/aromatic N) is 1. The molecule has 3 nitrogen and oxygen atoms in total. The molecule has 0 amide bonds. The van der Waals surface area contributed by atoms with Crippen LogP contribution in [0.1, 0.15) is 30.9 Å². The molecule has 0 saturated heterocycles. The number of benzene rings is 1. The van der Waals surface area contributed by atoms with Gasteiger partial charge in [-0.2, -0.15) is 0 Å². The van der Waals surface area contributed by atoms with Crippen LogP contribution in [0, 0.1) is 13.8 Å². The fourth-order valence-corrected chi connectivity index (χ4v) is 2.94. The lowest BCUT2D eigenvalue weighted by Gasteiger charge is -2.13. The quantitative estimate of drug-likeness (QED) is 0.217. The van der Waals surface area contributed by atoms with Crippen molar-refractivity contribution in [3.05, 3.63) is 35.4 Å². The molecule has 21 heavy (non-hydrogen) atoms. The highest BCUT2D eigenvalue weighted by molar-refractivity contribution is 7.99. The van der Waals surface area contributed by atoms with Crippen LogP contribution in [-0.2, 0) is 4.84 Å². The third kappa shape index (κ3) is 6.71. The summed E-state index contributed by atoms with van der Waals surface area (Å²) in [5, 5.41) is 3.71. The average Bonchev–Trinajstić information content (AvgIpc) is 2.45. The molecule has 1 rings (SSSR count). The Morgan fingerprint density at radius 2 is 1.95 bits per heavy atom. The van der Waals surface area contributed by atoms with Gasteiger partial charge in [-0.1, -0.05) is 17.3 Å². The number of unbranched alkanes of at least 4 members (excludes halogenated alkanes) is 1. The fourth-order valence-electron chi connectivity index (χ4n) is 1.94. The number of thioether (sulfide) groups is 1. The van der Waals surface area contributed by atoms with E-state index < -0.39 is 0 Å². The second-order valence-electron chi connectivity index (χ2n) is 4.73. The largest absolute Gasteiger partial charge is 0.493 e. The third-order valence-corrected chi connectivity index (χ3v) is 3.85. The SMILES string of the molecule is C/C=C/CSc1cc(C)c(OCCC/C=N/OC)c(C)c1. The molecule has 0 aliphatic rings. The van der Waals surface area contributed by atoms with Gasteiger partial charge in [0.1, 0.15) is 12.9 Å². The van der Waals surface area contributed by atoms with Gasteiger partial charge in [-0.3, -0.25) is 0 Å². The monoisotopic (exact) mass is 307 g/mol. The predicted molar refractivity (Wildman–Crippen MR) is 91.7 cm³/mol. The van der Waals surface area contributed by atoms with Crippen molar-refractivity contribution in [3.8, 4) is 5.75 Å².